The number of amides is 1. The molecule has 1 amide bonds. The third-order valence-corrected chi connectivity index (χ3v) is 2.72. The Hall–Kier alpha value is -0.880. The molecule has 5 nitrogen and oxygen atoms in total. The van der Waals surface area contributed by atoms with E-state index in [-0.39, 0.29) is 11.9 Å². The van der Waals surface area contributed by atoms with Gasteiger partial charge in [-0.05, 0) is 0 Å². The van der Waals surface area contributed by atoms with Gasteiger partial charge < -0.3 is 14.6 Å². The summed E-state index contributed by atoms with van der Waals surface area (Å²) in [6, 6.07) is -0.0302. The number of imidazole rings is 1. The summed E-state index contributed by atoms with van der Waals surface area (Å²) in [5.41, 5.74) is 0.539. The molecular weight excluding hydrogens is 262 g/mol. The van der Waals surface area contributed by atoms with Gasteiger partial charge in [0.1, 0.15) is 5.69 Å². The summed E-state index contributed by atoms with van der Waals surface area (Å²) < 4.78 is 6.65. The van der Waals surface area contributed by atoms with E-state index in [0.717, 1.165) is 0 Å². The number of hydrogen-bond acceptors (Lipinski definition) is 3. The second-order valence-corrected chi connectivity index (χ2v) is 3.82. The molecule has 0 aliphatic rings. The Bertz CT molecular complexity index is 327. The molecule has 1 atom stereocenters. The number of hydrogen-bond donors (Lipinski definition) is 1. The average molecular weight is 276 g/mol. The first-order valence-electron chi connectivity index (χ1n) is 4.51. The Kier molecular flexibility index (Phi) is 4.77. The first-order valence-corrected chi connectivity index (χ1v) is 5.63. The SMILES string of the molecule is COCC(CBr)NC(=O)c1cncn1C. The van der Waals surface area contributed by atoms with Crippen molar-refractivity contribution in [2.45, 2.75) is 6.04 Å². The lowest BCUT2D eigenvalue weighted by atomic mass is 10.3. The second-order valence-electron chi connectivity index (χ2n) is 3.17. The van der Waals surface area contributed by atoms with Crippen LogP contribution < -0.4 is 5.32 Å². The van der Waals surface area contributed by atoms with Crippen LogP contribution in [0.5, 0.6) is 0 Å². The summed E-state index contributed by atoms with van der Waals surface area (Å²) in [4.78, 5) is 15.6. The summed E-state index contributed by atoms with van der Waals surface area (Å²) >= 11 is 3.31. The lowest BCUT2D eigenvalue weighted by Crippen LogP contribution is -2.39. The zero-order valence-electron chi connectivity index (χ0n) is 8.74. The van der Waals surface area contributed by atoms with E-state index in [1.165, 1.54) is 6.20 Å². The number of nitrogens with zero attached hydrogens (tertiary/aromatic N) is 2. The van der Waals surface area contributed by atoms with Crippen LogP contribution in [-0.4, -0.2) is 40.5 Å². The van der Waals surface area contributed by atoms with Crippen molar-refractivity contribution in [3.05, 3.63) is 18.2 Å². The number of aryl methyl sites for hydroxylation is 1. The normalized spacial score (nSPS) is 12.5. The Balaban J connectivity index is 2.58. The largest absolute Gasteiger partial charge is 0.383 e. The minimum atomic E-state index is -0.142. The average Bonchev–Trinajstić information content (AvgIpc) is 2.63. The molecule has 0 aromatic carbocycles. The number of rotatable bonds is 5. The Morgan fingerprint density at radius 1 is 1.80 bits per heavy atom. The van der Waals surface area contributed by atoms with Gasteiger partial charge in [-0.15, -0.1) is 0 Å². The summed E-state index contributed by atoms with van der Waals surface area (Å²) in [5.74, 6) is -0.142. The van der Waals surface area contributed by atoms with E-state index >= 15 is 0 Å². The van der Waals surface area contributed by atoms with E-state index in [2.05, 4.69) is 26.2 Å². The molecule has 0 saturated carbocycles. The van der Waals surface area contributed by atoms with Crippen LogP contribution in [0.1, 0.15) is 10.5 Å². The molecule has 1 unspecified atom stereocenters. The molecule has 0 aliphatic carbocycles. The minimum Gasteiger partial charge on any atom is -0.383 e. The highest BCUT2D eigenvalue weighted by Gasteiger charge is 2.14. The van der Waals surface area contributed by atoms with Gasteiger partial charge in [-0.3, -0.25) is 4.79 Å². The number of alkyl halides is 1. The minimum absolute atomic E-state index is 0.0302. The van der Waals surface area contributed by atoms with Crippen LogP contribution in [0.4, 0.5) is 0 Å². The van der Waals surface area contributed by atoms with Gasteiger partial charge in [-0.2, -0.15) is 0 Å². The molecular formula is C9H14BrN3O2. The molecule has 1 aromatic rings. The van der Waals surface area contributed by atoms with Crippen molar-refractivity contribution in [3.63, 3.8) is 0 Å². The predicted molar refractivity (Wildman–Crippen MR) is 60.1 cm³/mol. The third-order valence-electron chi connectivity index (χ3n) is 1.94. The first kappa shape index (κ1) is 12.2. The van der Waals surface area contributed by atoms with E-state index in [4.69, 9.17) is 4.74 Å². The van der Waals surface area contributed by atoms with E-state index in [1.54, 1.807) is 25.1 Å². The topological polar surface area (TPSA) is 56.1 Å². The van der Waals surface area contributed by atoms with E-state index in [9.17, 15) is 4.79 Å². The molecule has 0 bridgehead atoms. The molecule has 1 heterocycles. The van der Waals surface area contributed by atoms with Crippen molar-refractivity contribution in [1.29, 1.82) is 0 Å². The lowest BCUT2D eigenvalue weighted by molar-refractivity contribution is 0.0899. The zero-order chi connectivity index (χ0) is 11.3. The number of carbonyl (C=O) groups excluding carboxylic acids is 1. The van der Waals surface area contributed by atoms with Crippen molar-refractivity contribution in [3.8, 4) is 0 Å². The monoisotopic (exact) mass is 275 g/mol. The molecule has 6 heteroatoms. The molecule has 0 spiro atoms. The third kappa shape index (κ3) is 3.32. The Labute approximate surface area is 97.0 Å². The van der Waals surface area contributed by atoms with Crippen LogP contribution in [-0.2, 0) is 11.8 Å². The standard InChI is InChI=1S/C9H14BrN3O2/c1-13-6-11-4-8(13)9(14)12-7(3-10)5-15-2/h4,6-7H,3,5H2,1-2H3,(H,12,14). The molecule has 1 N–H and O–H groups in total. The van der Waals surface area contributed by atoms with E-state index < -0.39 is 0 Å². The van der Waals surface area contributed by atoms with Crippen molar-refractivity contribution in [1.82, 2.24) is 14.9 Å². The first-order chi connectivity index (χ1) is 7.19. The van der Waals surface area contributed by atoms with Crippen LogP contribution in [0.15, 0.2) is 12.5 Å². The summed E-state index contributed by atoms with van der Waals surface area (Å²) in [6.45, 7) is 0.481. The lowest BCUT2D eigenvalue weighted by Gasteiger charge is -2.14. The van der Waals surface area contributed by atoms with Gasteiger partial charge >= 0.3 is 0 Å². The maximum absolute atomic E-state index is 11.7. The van der Waals surface area contributed by atoms with Crippen LogP contribution in [0.2, 0.25) is 0 Å². The highest BCUT2D eigenvalue weighted by atomic mass is 79.9. The Morgan fingerprint density at radius 3 is 3.00 bits per heavy atom. The van der Waals surface area contributed by atoms with E-state index in [0.29, 0.717) is 17.6 Å². The van der Waals surface area contributed by atoms with Gasteiger partial charge in [0.2, 0.25) is 0 Å². The van der Waals surface area contributed by atoms with Crippen LogP contribution in [0.25, 0.3) is 0 Å². The molecule has 0 aliphatic heterocycles. The molecule has 0 radical (unpaired) electrons. The number of aromatic nitrogens is 2. The van der Waals surface area contributed by atoms with Crippen molar-refractivity contribution >= 4 is 21.8 Å². The summed E-state index contributed by atoms with van der Waals surface area (Å²) in [6.07, 6.45) is 3.13. The number of methoxy groups -OCH3 is 1. The number of carbonyl (C=O) groups is 1. The number of nitrogens with one attached hydrogen (secondary N) is 1. The van der Waals surface area contributed by atoms with E-state index in [1.807, 2.05) is 0 Å². The van der Waals surface area contributed by atoms with Gasteiger partial charge in [-0.1, -0.05) is 15.9 Å². The Morgan fingerprint density at radius 2 is 2.53 bits per heavy atom. The fourth-order valence-electron chi connectivity index (χ4n) is 1.16. The molecule has 1 rings (SSSR count). The van der Waals surface area contributed by atoms with Crippen LogP contribution in [0, 0.1) is 0 Å². The second kappa shape index (κ2) is 5.87. The van der Waals surface area contributed by atoms with Crippen molar-refractivity contribution in [2.24, 2.45) is 7.05 Å². The van der Waals surface area contributed by atoms with Crippen LogP contribution >= 0.6 is 15.9 Å². The quantitative estimate of drug-likeness (QED) is 0.799. The highest BCUT2D eigenvalue weighted by molar-refractivity contribution is 9.09. The van der Waals surface area contributed by atoms with Crippen LogP contribution in [0.3, 0.4) is 0 Å². The smallest absolute Gasteiger partial charge is 0.269 e. The fraction of sp³-hybridized carbons (Fsp3) is 0.556. The predicted octanol–water partition coefficient (Wildman–Crippen LogP) is 0.560. The fourth-order valence-corrected chi connectivity index (χ4v) is 1.51. The van der Waals surface area contributed by atoms with Gasteiger partial charge in [0, 0.05) is 19.5 Å². The zero-order valence-corrected chi connectivity index (χ0v) is 10.3. The number of ether oxygens (including phenoxy) is 1. The molecule has 0 saturated heterocycles. The molecule has 0 fully saturated rings. The summed E-state index contributed by atoms with van der Waals surface area (Å²) in [7, 11) is 3.38. The van der Waals surface area contributed by atoms with Crippen molar-refractivity contribution in [2.75, 3.05) is 19.0 Å². The number of halogens is 1. The maximum atomic E-state index is 11.7. The maximum Gasteiger partial charge on any atom is 0.269 e. The van der Waals surface area contributed by atoms with Gasteiger partial charge in [0.15, 0.2) is 0 Å². The van der Waals surface area contributed by atoms with Crippen molar-refractivity contribution < 1.29 is 9.53 Å². The van der Waals surface area contributed by atoms with Gasteiger partial charge in [0.05, 0.1) is 25.2 Å². The van der Waals surface area contributed by atoms with Gasteiger partial charge in [-0.25, -0.2) is 4.98 Å². The summed E-state index contributed by atoms with van der Waals surface area (Å²) in [5, 5.41) is 3.50. The van der Waals surface area contributed by atoms with Gasteiger partial charge in [0.25, 0.3) is 5.91 Å². The molecule has 1 aromatic heterocycles. The highest BCUT2D eigenvalue weighted by Crippen LogP contribution is 1.99. The molecule has 84 valence electrons. The molecule has 15 heavy (non-hydrogen) atoms.